The van der Waals surface area contributed by atoms with Crippen LogP contribution in [0.15, 0.2) is 24.3 Å². The van der Waals surface area contributed by atoms with Crippen molar-refractivity contribution < 1.29 is 9.90 Å². The molecular weight excluding hydrogens is 258 g/mol. The zero-order chi connectivity index (χ0) is 14.1. The minimum absolute atomic E-state index is 0.0338. The van der Waals surface area contributed by atoms with Crippen LogP contribution in [0.2, 0.25) is 0 Å². The van der Waals surface area contributed by atoms with Crippen LogP contribution in [0.3, 0.4) is 0 Å². The normalized spacial score (nSPS) is 11.3. The summed E-state index contributed by atoms with van der Waals surface area (Å²) in [5, 5.41) is 11.7. The molecule has 0 aliphatic carbocycles. The van der Waals surface area contributed by atoms with Crippen LogP contribution >= 0.6 is 11.8 Å². The second-order valence-corrected chi connectivity index (χ2v) is 5.06. The van der Waals surface area contributed by atoms with E-state index in [1.54, 1.807) is 17.8 Å². The fraction of sp³-hybridized carbons (Fsp3) is 0.400. The summed E-state index contributed by atoms with van der Waals surface area (Å²) in [6, 6.07) is 7.39. The molecule has 0 aliphatic heterocycles. The van der Waals surface area contributed by atoms with Gasteiger partial charge in [-0.3, -0.25) is 4.79 Å². The highest BCUT2D eigenvalue weighted by molar-refractivity contribution is 7.98. The average Bonchev–Trinajstić information content (AvgIpc) is 2.39. The number of nitrogens with one attached hydrogen (secondary N) is 1. The maximum absolute atomic E-state index is 12.1. The second kappa shape index (κ2) is 8.63. The molecule has 1 amide bonds. The number of rotatable bonds is 5. The third-order valence-electron chi connectivity index (χ3n) is 2.43. The van der Waals surface area contributed by atoms with E-state index < -0.39 is 0 Å². The molecule has 0 fully saturated rings. The molecule has 0 radical (unpaired) electrons. The van der Waals surface area contributed by atoms with Crippen LogP contribution in [0, 0.1) is 11.8 Å². The van der Waals surface area contributed by atoms with Crippen molar-refractivity contribution in [2.75, 3.05) is 18.6 Å². The summed E-state index contributed by atoms with van der Waals surface area (Å²) in [5.41, 5.74) is 1.28. The first-order chi connectivity index (χ1) is 9.19. The van der Waals surface area contributed by atoms with E-state index in [2.05, 4.69) is 17.2 Å². The molecule has 4 heteroatoms. The van der Waals surface area contributed by atoms with Crippen molar-refractivity contribution in [3.05, 3.63) is 35.4 Å². The van der Waals surface area contributed by atoms with Gasteiger partial charge in [-0.05, 0) is 25.3 Å². The number of thioether (sulfide) groups is 1. The van der Waals surface area contributed by atoms with Gasteiger partial charge in [0.2, 0.25) is 0 Å². The third-order valence-corrected chi connectivity index (χ3v) is 3.26. The SMILES string of the molecule is CSCC(C)NC(=O)c1ccccc1C#CCCO. The van der Waals surface area contributed by atoms with Crippen LogP contribution in [-0.4, -0.2) is 35.7 Å². The summed E-state index contributed by atoms with van der Waals surface area (Å²) in [7, 11) is 0. The molecule has 1 aromatic carbocycles. The van der Waals surface area contributed by atoms with Gasteiger partial charge in [0.05, 0.1) is 12.2 Å². The third kappa shape index (κ3) is 5.37. The fourth-order valence-electron chi connectivity index (χ4n) is 1.60. The standard InChI is InChI=1S/C15H19NO2S/c1-12(11-19-2)16-15(18)14-9-4-3-7-13(14)8-5-6-10-17/h3-4,7,9,12,17H,6,10-11H2,1-2H3,(H,16,18). The van der Waals surface area contributed by atoms with Gasteiger partial charge in [0, 0.05) is 23.8 Å². The summed E-state index contributed by atoms with van der Waals surface area (Å²) in [6.07, 6.45) is 2.43. The molecule has 0 heterocycles. The Morgan fingerprint density at radius 1 is 1.47 bits per heavy atom. The summed E-state index contributed by atoms with van der Waals surface area (Å²) in [5.74, 6) is 6.54. The van der Waals surface area contributed by atoms with E-state index in [1.165, 1.54) is 0 Å². The van der Waals surface area contributed by atoms with E-state index in [1.807, 2.05) is 31.4 Å². The van der Waals surface area contributed by atoms with Gasteiger partial charge in [0.25, 0.3) is 5.91 Å². The van der Waals surface area contributed by atoms with Gasteiger partial charge in [-0.1, -0.05) is 24.0 Å². The first kappa shape index (κ1) is 15.6. The van der Waals surface area contributed by atoms with Gasteiger partial charge in [0.1, 0.15) is 0 Å². The minimum atomic E-state index is -0.101. The molecule has 3 nitrogen and oxygen atoms in total. The highest BCUT2D eigenvalue weighted by Crippen LogP contribution is 2.08. The summed E-state index contributed by atoms with van der Waals surface area (Å²) >= 11 is 1.70. The van der Waals surface area contributed by atoms with Crippen LogP contribution in [0.25, 0.3) is 0 Å². The molecule has 19 heavy (non-hydrogen) atoms. The Kier molecular flexibility index (Phi) is 7.09. The van der Waals surface area contributed by atoms with Crippen molar-refractivity contribution in [1.82, 2.24) is 5.32 Å². The lowest BCUT2D eigenvalue weighted by molar-refractivity contribution is 0.0943. The highest BCUT2D eigenvalue weighted by atomic mass is 32.2. The monoisotopic (exact) mass is 277 g/mol. The lowest BCUT2D eigenvalue weighted by Gasteiger charge is -2.13. The first-order valence-electron chi connectivity index (χ1n) is 6.17. The molecule has 0 bridgehead atoms. The molecule has 2 N–H and O–H groups in total. The Morgan fingerprint density at radius 3 is 2.89 bits per heavy atom. The number of benzene rings is 1. The number of aliphatic hydroxyl groups excluding tert-OH is 1. The van der Waals surface area contributed by atoms with E-state index in [0.29, 0.717) is 17.5 Å². The number of hydrogen-bond acceptors (Lipinski definition) is 3. The smallest absolute Gasteiger partial charge is 0.252 e. The van der Waals surface area contributed by atoms with E-state index in [9.17, 15) is 4.79 Å². The van der Waals surface area contributed by atoms with E-state index in [4.69, 9.17) is 5.11 Å². The molecule has 0 spiro atoms. The van der Waals surface area contributed by atoms with Crippen LogP contribution in [0.4, 0.5) is 0 Å². The first-order valence-corrected chi connectivity index (χ1v) is 7.57. The largest absolute Gasteiger partial charge is 0.395 e. The second-order valence-electron chi connectivity index (χ2n) is 4.15. The zero-order valence-electron chi connectivity index (χ0n) is 11.3. The Morgan fingerprint density at radius 2 is 2.21 bits per heavy atom. The van der Waals surface area contributed by atoms with Gasteiger partial charge in [-0.15, -0.1) is 0 Å². The van der Waals surface area contributed by atoms with Crippen LogP contribution in [0.1, 0.15) is 29.3 Å². The number of amides is 1. The van der Waals surface area contributed by atoms with Gasteiger partial charge in [-0.25, -0.2) is 0 Å². The van der Waals surface area contributed by atoms with Crippen LogP contribution in [-0.2, 0) is 0 Å². The molecule has 0 saturated heterocycles. The van der Waals surface area contributed by atoms with E-state index in [0.717, 1.165) is 5.75 Å². The summed E-state index contributed by atoms with van der Waals surface area (Å²) < 4.78 is 0. The van der Waals surface area contributed by atoms with Crippen LogP contribution in [0.5, 0.6) is 0 Å². The topological polar surface area (TPSA) is 49.3 Å². The summed E-state index contributed by atoms with van der Waals surface area (Å²) in [6.45, 7) is 2.01. The van der Waals surface area contributed by atoms with Crippen molar-refractivity contribution in [3.63, 3.8) is 0 Å². The number of aliphatic hydroxyl groups is 1. The van der Waals surface area contributed by atoms with Crippen molar-refractivity contribution in [1.29, 1.82) is 0 Å². The minimum Gasteiger partial charge on any atom is -0.395 e. The maximum Gasteiger partial charge on any atom is 0.252 e. The molecule has 1 atom stereocenters. The van der Waals surface area contributed by atoms with Gasteiger partial charge >= 0.3 is 0 Å². The van der Waals surface area contributed by atoms with Crippen molar-refractivity contribution in [2.45, 2.75) is 19.4 Å². The quantitative estimate of drug-likeness (QED) is 0.808. The fourth-order valence-corrected chi connectivity index (χ4v) is 2.18. The van der Waals surface area contributed by atoms with Crippen molar-refractivity contribution in [3.8, 4) is 11.8 Å². The lowest BCUT2D eigenvalue weighted by Crippen LogP contribution is -2.34. The van der Waals surface area contributed by atoms with Gasteiger partial charge < -0.3 is 10.4 Å². The molecule has 0 aliphatic rings. The predicted octanol–water partition coefficient (Wildman–Crippen LogP) is 1.90. The lowest BCUT2D eigenvalue weighted by atomic mass is 10.1. The van der Waals surface area contributed by atoms with E-state index >= 15 is 0 Å². The summed E-state index contributed by atoms with van der Waals surface area (Å²) in [4.78, 5) is 12.1. The average molecular weight is 277 g/mol. The Balaban J connectivity index is 2.82. The van der Waals surface area contributed by atoms with Crippen molar-refractivity contribution in [2.24, 2.45) is 0 Å². The van der Waals surface area contributed by atoms with Gasteiger partial charge in [0.15, 0.2) is 0 Å². The van der Waals surface area contributed by atoms with Gasteiger partial charge in [-0.2, -0.15) is 11.8 Å². The highest BCUT2D eigenvalue weighted by Gasteiger charge is 2.11. The molecule has 1 aromatic rings. The predicted molar refractivity (Wildman–Crippen MR) is 80.3 cm³/mol. The Hall–Kier alpha value is -1.44. The number of carbonyl (C=O) groups excluding carboxylic acids is 1. The zero-order valence-corrected chi connectivity index (χ0v) is 12.1. The van der Waals surface area contributed by atoms with Crippen LogP contribution < -0.4 is 5.32 Å². The molecular formula is C15H19NO2S. The molecule has 102 valence electrons. The maximum atomic E-state index is 12.1. The molecule has 1 unspecified atom stereocenters. The van der Waals surface area contributed by atoms with E-state index in [-0.39, 0.29) is 18.6 Å². The molecule has 0 saturated carbocycles. The molecule has 1 rings (SSSR count). The number of hydrogen-bond donors (Lipinski definition) is 2. The number of carbonyl (C=O) groups is 1. The Bertz CT molecular complexity index is 477. The van der Waals surface area contributed by atoms with Crippen molar-refractivity contribution >= 4 is 17.7 Å². The molecule has 0 aromatic heterocycles. The Labute approximate surface area is 118 Å².